The van der Waals surface area contributed by atoms with Crippen LogP contribution in [0.2, 0.25) is 0 Å². The quantitative estimate of drug-likeness (QED) is 0.621. The van der Waals surface area contributed by atoms with Crippen LogP contribution in [0.15, 0.2) is 48.5 Å². The van der Waals surface area contributed by atoms with Crippen molar-refractivity contribution in [2.75, 3.05) is 0 Å². The SMILES string of the molecule is O=C(OC1CC2SC1C1CCCC21)C1CC2c3ccccc3C1c1ccccc12. The zero-order chi connectivity index (χ0) is 19.1. The highest BCUT2D eigenvalue weighted by Gasteiger charge is 2.57. The topological polar surface area (TPSA) is 26.3 Å². The molecule has 3 fully saturated rings. The molecular formula is C26H26O2S. The maximum absolute atomic E-state index is 13.5. The van der Waals surface area contributed by atoms with Gasteiger partial charge in [-0.25, -0.2) is 0 Å². The molecule has 2 saturated heterocycles. The van der Waals surface area contributed by atoms with Crippen molar-refractivity contribution in [1.29, 1.82) is 0 Å². The summed E-state index contributed by atoms with van der Waals surface area (Å²) in [7, 11) is 0. The summed E-state index contributed by atoms with van der Waals surface area (Å²) < 4.78 is 6.32. The van der Waals surface area contributed by atoms with E-state index in [2.05, 4.69) is 60.3 Å². The molecule has 2 heterocycles. The maximum Gasteiger partial charge on any atom is 0.310 e. The number of hydrogen-bond donors (Lipinski definition) is 0. The van der Waals surface area contributed by atoms with Crippen molar-refractivity contribution in [3.8, 4) is 0 Å². The van der Waals surface area contributed by atoms with Crippen LogP contribution < -0.4 is 0 Å². The molecule has 3 heteroatoms. The van der Waals surface area contributed by atoms with Crippen molar-refractivity contribution in [2.24, 2.45) is 17.8 Å². The van der Waals surface area contributed by atoms with Gasteiger partial charge in [0.05, 0.1) is 5.92 Å². The molecule has 6 aliphatic rings. The van der Waals surface area contributed by atoms with Crippen LogP contribution in [-0.2, 0) is 9.53 Å². The molecular weight excluding hydrogens is 376 g/mol. The predicted octanol–water partition coefficient (Wildman–Crippen LogP) is 5.50. The molecule has 0 N–H and O–H groups in total. The van der Waals surface area contributed by atoms with Gasteiger partial charge in [0.2, 0.25) is 0 Å². The largest absolute Gasteiger partial charge is 0.461 e. The molecule has 0 radical (unpaired) electrons. The van der Waals surface area contributed by atoms with Gasteiger partial charge in [-0.05, 0) is 59.8 Å². The van der Waals surface area contributed by atoms with E-state index in [0.29, 0.717) is 11.2 Å². The fourth-order valence-corrected chi connectivity index (χ4v) is 9.59. The van der Waals surface area contributed by atoms with Gasteiger partial charge in [0.1, 0.15) is 6.10 Å². The first-order chi connectivity index (χ1) is 14.3. The molecule has 6 unspecified atom stereocenters. The second kappa shape index (κ2) is 6.14. The van der Waals surface area contributed by atoms with Gasteiger partial charge in [-0.3, -0.25) is 4.79 Å². The smallest absolute Gasteiger partial charge is 0.310 e. The Morgan fingerprint density at radius 3 is 2.24 bits per heavy atom. The molecule has 1 saturated carbocycles. The second-order valence-electron chi connectivity index (χ2n) is 9.74. The Morgan fingerprint density at radius 1 is 0.862 bits per heavy atom. The first kappa shape index (κ1) is 17.0. The first-order valence-corrected chi connectivity index (χ1v) is 12.3. The molecule has 148 valence electrons. The summed E-state index contributed by atoms with van der Waals surface area (Å²) in [4.78, 5) is 13.5. The van der Waals surface area contributed by atoms with E-state index >= 15 is 0 Å². The van der Waals surface area contributed by atoms with Crippen molar-refractivity contribution in [3.63, 3.8) is 0 Å². The number of fused-ring (bicyclic) bond motifs is 6. The van der Waals surface area contributed by atoms with Gasteiger partial charge >= 0.3 is 5.97 Å². The third-order valence-corrected chi connectivity index (χ3v) is 10.4. The average molecular weight is 403 g/mol. The number of thioether (sulfide) groups is 1. The highest BCUT2D eigenvalue weighted by molar-refractivity contribution is 8.01. The Balaban J connectivity index is 1.20. The zero-order valence-electron chi connectivity index (χ0n) is 16.5. The van der Waals surface area contributed by atoms with E-state index in [1.807, 2.05) is 0 Å². The lowest BCUT2D eigenvalue weighted by Crippen LogP contribution is -2.41. The van der Waals surface area contributed by atoms with Gasteiger partial charge in [0.15, 0.2) is 0 Å². The maximum atomic E-state index is 13.5. The number of benzene rings is 2. The zero-order valence-corrected chi connectivity index (χ0v) is 17.3. The highest BCUT2D eigenvalue weighted by atomic mass is 32.2. The van der Waals surface area contributed by atoms with Crippen LogP contribution in [0.1, 0.15) is 66.2 Å². The number of carbonyl (C=O) groups is 1. The fourth-order valence-electron chi connectivity index (χ4n) is 7.47. The van der Waals surface area contributed by atoms with E-state index in [1.54, 1.807) is 0 Å². The number of esters is 1. The molecule has 0 amide bonds. The molecule has 29 heavy (non-hydrogen) atoms. The molecule has 2 nitrogen and oxygen atoms in total. The molecule has 0 aromatic heterocycles. The van der Waals surface area contributed by atoms with Crippen LogP contribution in [0.4, 0.5) is 0 Å². The van der Waals surface area contributed by atoms with Crippen LogP contribution in [0.25, 0.3) is 0 Å². The summed E-state index contributed by atoms with van der Waals surface area (Å²) in [5, 5.41) is 1.31. The molecule has 8 rings (SSSR count). The summed E-state index contributed by atoms with van der Waals surface area (Å²) in [5.74, 6) is 2.24. The Kier molecular flexibility index (Phi) is 3.59. The van der Waals surface area contributed by atoms with Crippen LogP contribution in [0.5, 0.6) is 0 Å². The normalized spacial score (nSPS) is 40.4. The Bertz CT molecular complexity index is 952. The van der Waals surface area contributed by atoms with Gasteiger partial charge in [-0.1, -0.05) is 55.0 Å². The monoisotopic (exact) mass is 402 g/mol. The van der Waals surface area contributed by atoms with Crippen molar-refractivity contribution in [1.82, 2.24) is 0 Å². The van der Waals surface area contributed by atoms with Crippen molar-refractivity contribution >= 4 is 17.7 Å². The van der Waals surface area contributed by atoms with Gasteiger partial charge in [-0.2, -0.15) is 11.8 Å². The van der Waals surface area contributed by atoms with Gasteiger partial charge in [0.25, 0.3) is 0 Å². The van der Waals surface area contributed by atoms with Crippen LogP contribution in [-0.4, -0.2) is 22.6 Å². The summed E-state index contributed by atoms with van der Waals surface area (Å²) in [6.45, 7) is 0. The fraction of sp³-hybridized carbons (Fsp3) is 0.500. The predicted molar refractivity (Wildman–Crippen MR) is 115 cm³/mol. The van der Waals surface area contributed by atoms with Crippen molar-refractivity contribution in [3.05, 3.63) is 70.8 Å². The number of ether oxygens (including phenoxy) is 1. The van der Waals surface area contributed by atoms with E-state index < -0.39 is 0 Å². The molecule has 0 spiro atoms. The molecule has 2 aromatic carbocycles. The van der Waals surface area contributed by atoms with Crippen molar-refractivity contribution < 1.29 is 9.53 Å². The Hall–Kier alpha value is -1.74. The summed E-state index contributed by atoms with van der Waals surface area (Å²) in [6, 6.07) is 17.5. The first-order valence-electron chi connectivity index (χ1n) is 11.3. The lowest BCUT2D eigenvalue weighted by molar-refractivity contribution is -0.157. The van der Waals surface area contributed by atoms with E-state index in [1.165, 1.54) is 41.5 Å². The minimum Gasteiger partial charge on any atom is -0.461 e. The number of carbonyl (C=O) groups excluding carboxylic acids is 1. The Labute approximate surface area is 176 Å². The lowest BCUT2D eigenvalue weighted by Gasteiger charge is -2.44. The standard InChI is InChI=1S/C26H26O2S/c27-26(28-22-13-23-16-10-5-11-19(16)25(22)29-23)21-12-20-14-6-1-3-8-17(14)24(21)18-9-4-2-7-15(18)20/h1-4,6-9,16,19-25H,5,10-13H2. The van der Waals surface area contributed by atoms with E-state index in [4.69, 9.17) is 4.74 Å². The summed E-state index contributed by atoms with van der Waals surface area (Å²) in [5.41, 5.74) is 5.54. The highest BCUT2D eigenvalue weighted by Crippen LogP contribution is 2.60. The molecule has 2 aliphatic heterocycles. The molecule has 2 aromatic rings. The molecule has 4 aliphatic carbocycles. The average Bonchev–Trinajstić information content (AvgIpc) is 3.47. The molecule has 6 atom stereocenters. The summed E-state index contributed by atoms with van der Waals surface area (Å²) >= 11 is 2.14. The van der Waals surface area contributed by atoms with E-state index in [0.717, 1.165) is 29.9 Å². The Morgan fingerprint density at radius 2 is 1.52 bits per heavy atom. The van der Waals surface area contributed by atoms with Crippen molar-refractivity contribution in [2.45, 2.75) is 60.5 Å². The summed E-state index contributed by atoms with van der Waals surface area (Å²) in [6.07, 6.45) is 6.28. The minimum atomic E-state index is -0.0340. The van der Waals surface area contributed by atoms with Crippen LogP contribution in [0, 0.1) is 17.8 Å². The minimum absolute atomic E-state index is 0.0340. The van der Waals surface area contributed by atoms with Gasteiger partial charge in [0, 0.05) is 22.3 Å². The van der Waals surface area contributed by atoms with Crippen LogP contribution >= 0.6 is 11.8 Å². The van der Waals surface area contributed by atoms with E-state index in [9.17, 15) is 4.79 Å². The number of rotatable bonds is 2. The second-order valence-corrected chi connectivity index (χ2v) is 11.2. The third-order valence-electron chi connectivity index (χ3n) is 8.56. The lowest BCUT2D eigenvalue weighted by atomic mass is 9.59. The van der Waals surface area contributed by atoms with Crippen LogP contribution in [0.3, 0.4) is 0 Å². The number of hydrogen-bond acceptors (Lipinski definition) is 3. The molecule has 4 bridgehead atoms. The van der Waals surface area contributed by atoms with Gasteiger partial charge in [-0.15, -0.1) is 0 Å². The van der Waals surface area contributed by atoms with Gasteiger partial charge < -0.3 is 4.74 Å². The third kappa shape index (κ3) is 2.28. The van der Waals surface area contributed by atoms with E-state index in [-0.39, 0.29) is 23.9 Å².